The van der Waals surface area contributed by atoms with Gasteiger partial charge in [0, 0.05) is 17.1 Å². The topological polar surface area (TPSA) is 52.1 Å². The van der Waals surface area contributed by atoms with Crippen LogP contribution in [-0.4, -0.2) is 23.0 Å². The van der Waals surface area contributed by atoms with Crippen molar-refractivity contribution in [3.05, 3.63) is 52.8 Å². The Morgan fingerprint density at radius 3 is 2.50 bits per heavy atom. The molecule has 0 saturated carbocycles. The van der Waals surface area contributed by atoms with Crippen LogP contribution in [0.4, 0.5) is 0 Å². The van der Waals surface area contributed by atoms with E-state index in [0.717, 1.165) is 22.1 Å². The third kappa shape index (κ3) is 3.57. The van der Waals surface area contributed by atoms with Crippen LogP contribution in [0.2, 0.25) is 0 Å². The number of benzene rings is 1. The van der Waals surface area contributed by atoms with E-state index in [1.165, 1.54) is 18.9 Å². The Kier molecular flexibility index (Phi) is 4.74. The highest BCUT2D eigenvalue weighted by molar-refractivity contribution is 7.98. The molecule has 0 saturated heterocycles. The zero-order chi connectivity index (χ0) is 14.5. The first kappa shape index (κ1) is 14.5. The molecule has 0 atom stereocenters. The van der Waals surface area contributed by atoms with Gasteiger partial charge in [-0.3, -0.25) is 0 Å². The quantitative estimate of drug-likeness (QED) is 0.491. The Morgan fingerprint density at radius 1 is 1.20 bits per heavy atom. The number of nitrogens with zero attached hydrogens (tertiary/aromatic N) is 2. The second-order valence-corrected chi connectivity index (χ2v) is 5.31. The second-order valence-electron chi connectivity index (χ2n) is 4.37. The summed E-state index contributed by atoms with van der Waals surface area (Å²) < 4.78 is 4.79. The van der Waals surface area contributed by atoms with E-state index < -0.39 is 0 Å². The summed E-state index contributed by atoms with van der Waals surface area (Å²) in [5, 5.41) is 0.724. The first-order valence-corrected chi connectivity index (χ1v) is 7.20. The molecule has 1 aromatic heterocycles. The van der Waals surface area contributed by atoms with Crippen LogP contribution in [0.25, 0.3) is 0 Å². The minimum atomic E-state index is -0.317. The van der Waals surface area contributed by atoms with Crippen molar-refractivity contribution in [2.75, 3.05) is 7.11 Å². The van der Waals surface area contributed by atoms with Crippen LogP contribution in [0, 0.1) is 13.8 Å². The highest BCUT2D eigenvalue weighted by Crippen LogP contribution is 2.22. The lowest BCUT2D eigenvalue weighted by atomic mass is 10.1. The third-order valence-electron chi connectivity index (χ3n) is 2.74. The summed E-state index contributed by atoms with van der Waals surface area (Å²) in [7, 11) is 1.39. The summed E-state index contributed by atoms with van der Waals surface area (Å²) in [5.74, 6) is 0.316. The predicted octanol–water partition coefficient (Wildman–Crippen LogP) is 3.17. The van der Waals surface area contributed by atoms with Gasteiger partial charge in [-0.25, -0.2) is 14.8 Å². The van der Waals surface area contributed by atoms with Gasteiger partial charge < -0.3 is 4.74 Å². The van der Waals surface area contributed by atoms with Crippen molar-refractivity contribution in [2.45, 2.75) is 24.8 Å². The van der Waals surface area contributed by atoms with Gasteiger partial charge in [-0.1, -0.05) is 30.0 Å². The number of esters is 1. The van der Waals surface area contributed by atoms with E-state index in [0.29, 0.717) is 11.3 Å². The first-order valence-electron chi connectivity index (χ1n) is 6.21. The van der Waals surface area contributed by atoms with Crippen molar-refractivity contribution < 1.29 is 9.53 Å². The molecule has 0 amide bonds. The molecule has 20 heavy (non-hydrogen) atoms. The molecule has 0 radical (unpaired) electrons. The average Bonchev–Trinajstić information content (AvgIpc) is 2.43. The Balaban J connectivity index is 2.16. The van der Waals surface area contributed by atoms with Crippen molar-refractivity contribution >= 4 is 17.7 Å². The van der Waals surface area contributed by atoms with Crippen LogP contribution < -0.4 is 0 Å². The molecule has 0 spiro atoms. The van der Waals surface area contributed by atoms with Gasteiger partial charge >= 0.3 is 5.97 Å². The lowest BCUT2D eigenvalue weighted by Crippen LogP contribution is -2.05. The van der Waals surface area contributed by atoms with Gasteiger partial charge in [-0.15, -0.1) is 0 Å². The summed E-state index contributed by atoms with van der Waals surface area (Å²) in [6.45, 7) is 3.89. The molecule has 104 valence electrons. The normalized spacial score (nSPS) is 10.3. The minimum absolute atomic E-state index is 0.317. The van der Waals surface area contributed by atoms with Crippen LogP contribution in [0.15, 0.2) is 35.5 Å². The van der Waals surface area contributed by atoms with E-state index in [1.807, 2.05) is 38.1 Å². The summed E-state index contributed by atoms with van der Waals surface area (Å²) in [4.78, 5) is 20.4. The van der Waals surface area contributed by atoms with Crippen LogP contribution in [0.5, 0.6) is 0 Å². The van der Waals surface area contributed by atoms with E-state index in [1.54, 1.807) is 6.07 Å². The van der Waals surface area contributed by atoms with E-state index in [-0.39, 0.29) is 5.97 Å². The van der Waals surface area contributed by atoms with Crippen LogP contribution >= 0.6 is 11.8 Å². The molecule has 2 rings (SSSR count). The molecule has 1 heterocycles. The van der Waals surface area contributed by atoms with Crippen LogP contribution in [0.3, 0.4) is 0 Å². The minimum Gasteiger partial charge on any atom is -0.465 e. The SMILES string of the molecule is COC(=O)c1ccccc1CSc1nc(C)cc(C)n1. The number of ether oxygens (including phenoxy) is 1. The fourth-order valence-electron chi connectivity index (χ4n) is 1.86. The molecule has 2 aromatic rings. The highest BCUT2D eigenvalue weighted by atomic mass is 32.2. The molecule has 0 N–H and O–H groups in total. The van der Waals surface area contributed by atoms with Gasteiger partial charge in [-0.05, 0) is 31.5 Å². The summed E-state index contributed by atoms with van der Waals surface area (Å²) in [6.07, 6.45) is 0. The molecule has 1 aromatic carbocycles. The number of hydrogen-bond acceptors (Lipinski definition) is 5. The van der Waals surface area contributed by atoms with Gasteiger partial charge in [0.25, 0.3) is 0 Å². The maximum absolute atomic E-state index is 11.7. The molecular formula is C15H16N2O2S. The van der Waals surface area contributed by atoms with Crippen molar-refractivity contribution in [3.63, 3.8) is 0 Å². The Hall–Kier alpha value is -1.88. The molecule has 0 aliphatic heterocycles. The van der Waals surface area contributed by atoms with E-state index >= 15 is 0 Å². The molecule has 5 heteroatoms. The Bertz CT molecular complexity index is 609. The fraction of sp³-hybridized carbons (Fsp3) is 0.267. The monoisotopic (exact) mass is 288 g/mol. The van der Waals surface area contributed by atoms with Gasteiger partial charge in [-0.2, -0.15) is 0 Å². The molecule has 4 nitrogen and oxygen atoms in total. The number of methoxy groups -OCH3 is 1. The van der Waals surface area contributed by atoms with Crippen molar-refractivity contribution in [1.29, 1.82) is 0 Å². The number of aryl methyl sites for hydroxylation is 2. The number of hydrogen-bond donors (Lipinski definition) is 0. The smallest absolute Gasteiger partial charge is 0.338 e. The Labute approximate surface area is 122 Å². The lowest BCUT2D eigenvalue weighted by molar-refractivity contribution is 0.0600. The van der Waals surface area contributed by atoms with Gasteiger partial charge in [0.05, 0.1) is 12.7 Å². The van der Waals surface area contributed by atoms with Crippen LogP contribution in [0.1, 0.15) is 27.3 Å². The zero-order valence-electron chi connectivity index (χ0n) is 11.7. The summed E-state index contributed by atoms with van der Waals surface area (Å²) in [6, 6.07) is 9.36. The maximum atomic E-state index is 11.7. The zero-order valence-corrected chi connectivity index (χ0v) is 12.5. The summed E-state index contributed by atoms with van der Waals surface area (Å²) >= 11 is 1.51. The van der Waals surface area contributed by atoms with Gasteiger partial charge in [0.1, 0.15) is 0 Å². The highest BCUT2D eigenvalue weighted by Gasteiger charge is 2.11. The number of rotatable bonds is 4. The maximum Gasteiger partial charge on any atom is 0.338 e. The standard InChI is InChI=1S/C15H16N2O2S/c1-10-8-11(2)17-15(16-10)20-9-12-6-4-5-7-13(12)14(18)19-3/h4-8H,9H2,1-3H3. The van der Waals surface area contributed by atoms with Crippen molar-refractivity contribution in [1.82, 2.24) is 9.97 Å². The largest absolute Gasteiger partial charge is 0.465 e. The summed E-state index contributed by atoms with van der Waals surface area (Å²) in [5.41, 5.74) is 3.40. The molecule has 0 aliphatic carbocycles. The first-order chi connectivity index (χ1) is 9.60. The van der Waals surface area contributed by atoms with E-state index in [2.05, 4.69) is 9.97 Å². The van der Waals surface area contributed by atoms with Crippen molar-refractivity contribution in [2.24, 2.45) is 0 Å². The van der Waals surface area contributed by atoms with Crippen LogP contribution in [-0.2, 0) is 10.5 Å². The van der Waals surface area contributed by atoms with Gasteiger partial charge in [0.15, 0.2) is 5.16 Å². The predicted molar refractivity (Wildman–Crippen MR) is 78.8 cm³/mol. The Morgan fingerprint density at radius 2 is 1.85 bits per heavy atom. The third-order valence-corrected chi connectivity index (χ3v) is 3.64. The molecule has 0 bridgehead atoms. The molecular weight excluding hydrogens is 272 g/mol. The fourth-order valence-corrected chi connectivity index (χ4v) is 2.81. The molecule has 0 unspecified atom stereocenters. The van der Waals surface area contributed by atoms with Gasteiger partial charge in [0.2, 0.25) is 0 Å². The average molecular weight is 288 g/mol. The van der Waals surface area contributed by atoms with E-state index in [4.69, 9.17) is 4.74 Å². The second kappa shape index (κ2) is 6.52. The van der Waals surface area contributed by atoms with Crippen molar-refractivity contribution in [3.8, 4) is 0 Å². The number of aromatic nitrogens is 2. The number of carbonyl (C=O) groups is 1. The number of carbonyl (C=O) groups excluding carboxylic acids is 1. The molecule has 0 fully saturated rings. The lowest BCUT2D eigenvalue weighted by Gasteiger charge is -2.07. The van der Waals surface area contributed by atoms with E-state index in [9.17, 15) is 4.79 Å². The number of thioether (sulfide) groups is 1. The molecule has 0 aliphatic rings.